The minimum absolute atomic E-state index is 0.0926. The van der Waals surface area contributed by atoms with Gasteiger partial charge in [-0.1, -0.05) is 11.6 Å². The van der Waals surface area contributed by atoms with E-state index in [9.17, 15) is 4.79 Å². The molecular weight excluding hydrogens is 392 g/mol. The third kappa shape index (κ3) is 6.14. The van der Waals surface area contributed by atoms with Crippen molar-refractivity contribution in [2.45, 2.75) is 31.8 Å². The molecule has 1 fully saturated rings. The molecule has 2 amide bonds. The molecule has 0 aliphatic carbocycles. The molecule has 1 saturated heterocycles. The lowest BCUT2D eigenvalue weighted by Gasteiger charge is -2.35. The van der Waals surface area contributed by atoms with Crippen molar-refractivity contribution in [2.75, 3.05) is 60.5 Å². The molecule has 0 unspecified atom stereocenters. The van der Waals surface area contributed by atoms with Gasteiger partial charge in [0.1, 0.15) is 0 Å². The number of piperidine rings is 1. The number of benzene rings is 1. The molecule has 0 radical (unpaired) electrons. The van der Waals surface area contributed by atoms with E-state index >= 15 is 0 Å². The molecule has 0 bridgehead atoms. The summed E-state index contributed by atoms with van der Waals surface area (Å²) in [6.07, 6.45) is 3.20. The molecule has 8 heteroatoms. The van der Waals surface area contributed by atoms with Crippen molar-refractivity contribution in [1.82, 2.24) is 20.0 Å². The van der Waals surface area contributed by atoms with Gasteiger partial charge in [-0.15, -0.1) is 0 Å². The van der Waals surface area contributed by atoms with Gasteiger partial charge in [0.15, 0.2) is 11.5 Å². The van der Waals surface area contributed by atoms with E-state index in [1.165, 1.54) is 12.8 Å². The van der Waals surface area contributed by atoms with Gasteiger partial charge in [0.05, 0.1) is 18.2 Å². The zero-order valence-corrected chi connectivity index (χ0v) is 18.5. The standard InChI is InChI=1S/C21H33ClN4O3/c1-24-7-5-17(6-8-24)25(2)9-10-26(3)21(27)23-15-16-13-18(22)20-19(14-16)28-11-4-12-29-20/h13-14,17H,4-12,15H2,1-3H3,(H,23,27). The average molecular weight is 425 g/mol. The van der Waals surface area contributed by atoms with E-state index in [1.54, 1.807) is 4.90 Å². The third-order valence-electron chi connectivity index (χ3n) is 5.75. The molecule has 1 aromatic rings. The number of urea groups is 1. The van der Waals surface area contributed by atoms with E-state index in [-0.39, 0.29) is 6.03 Å². The molecule has 1 aromatic carbocycles. The summed E-state index contributed by atoms with van der Waals surface area (Å²) in [6.45, 7) is 5.44. The van der Waals surface area contributed by atoms with Crippen molar-refractivity contribution < 1.29 is 14.3 Å². The number of hydrogen-bond donors (Lipinski definition) is 1. The van der Waals surface area contributed by atoms with Crippen LogP contribution in [0.5, 0.6) is 11.5 Å². The lowest BCUT2D eigenvalue weighted by Crippen LogP contribution is -2.46. The number of carbonyl (C=O) groups is 1. The van der Waals surface area contributed by atoms with E-state index in [0.29, 0.717) is 48.9 Å². The van der Waals surface area contributed by atoms with Crippen molar-refractivity contribution in [3.8, 4) is 11.5 Å². The van der Waals surface area contributed by atoms with Gasteiger partial charge < -0.3 is 29.5 Å². The van der Waals surface area contributed by atoms with E-state index in [2.05, 4.69) is 29.2 Å². The quantitative estimate of drug-likeness (QED) is 0.760. The predicted molar refractivity (Wildman–Crippen MR) is 115 cm³/mol. The molecule has 3 rings (SSSR count). The second-order valence-corrected chi connectivity index (χ2v) is 8.46. The first kappa shape index (κ1) is 22.0. The minimum atomic E-state index is -0.0926. The third-order valence-corrected chi connectivity index (χ3v) is 6.03. The molecule has 7 nitrogen and oxygen atoms in total. The maximum atomic E-state index is 12.5. The Morgan fingerprint density at radius 3 is 2.69 bits per heavy atom. The molecule has 2 aliphatic rings. The second-order valence-electron chi connectivity index (χ2n) is 8.05. The lowest BCUT2D eigenvalue weighted by molar-refractivity contribution is 0.135. The van der Waals surface area contributed by atoms with Crippen LogP contribution in [0.15, 0.2) is 12.1 Å². The van der Waals surface area contributed by atoms with Crippen LogP contribution in [0.4, 0.5) is 4.79 Å². The number of likely N-dealkylation sites (N-methyl/N-ethyl adjacent to an activating group) is 2. The minimum Gasteiger partial charge on any atom is -0.489 e. The summed E-state index contributed by atoms with van der Waals surface area (Å²) < 4.78 is 11.4. The Labute approximate surface area is 178 Å². The van der Waals surface area contributed by atoms with Gasteiger partial charge in [-0.25, -0.2) is 4.79 Å². The van der Waals surface area contributed by atoms with E-state index < -0.39 is 0 Å². The van der Waals surface area contributed by atoms with Gasteiger partial charge in [-0.05, 0) is 57.7 Å². The number of likely N-dealkylation sites (tertiary alicyclic amines) is 1. The molecule has 162 valence electrons. The molecular formula is C21H33ClN4O3. The Balaban J connectivity index is 1.45. The summed E-state index contributed by atoms with van der Waals surface area (Å²) in [5.41, 5.74) is 0.893. The fourth-order valence-electron chi connectivity index (χ4n) is 3.73. The van der Waals surface area contributed by atoms with Crippen LogP contribution >= 0.6 is 11.6 Å². The van der Waals surface area contributed by atoms with E-state index in [4.69, 9.17) is 21.1 Å². The number of ether oxygens (including phenoxy) is 2. The second kappa shape index (κ2) is 10.4. The van der Waals surface area contributed by atoms with Crippen LogP contribution in [0.2, 0.25) is 5.02 Å². The Morgan fingerprint density at radius 2 is 1.93 bits per heavy atom. The number of nitrogens with zero attached hydrogens (tertiary/aromatic N) is 3. The number of hydrogen-bond acceptors (Lipinski definition) is 5. The maximum Gasteiger partial charge on any atom is 0.317 e. The largest absolute Gasteiger partial charge is 0.489 e. The van der Waals surface area contributed by atoms with Crippen LogP contribution in [-0.2, 0) is 6.54 Å². The van der Waals surface area contributed by atoms with Crippen LogP contribution in [0.1, 0.15) is 24.8 Å². The van der Waals surface area contributed by atoms with Crippen LogP contribution in [0.3, 0.4) is 0 Å². The van der Waals surface area contributed by atoms with Crippen molar-refractivity contribution in [3.05, 3.63) is 22.7 Å². The SMILES string of the molecule is CN1CCC(N(C)CCN(C)C(=O)NCc2cc(Cl)c3c(c2)OCCCO3)CC1. The molecule has 29 heavy (non-hydrogen) atoms. The topological polar surface area (TPSA) is 57.3 Å². The monoisotopic (exact) mass is 424 g/mol. The summed E-state index contributed by atoms with van der Waals surface area (Å²) in [5.74, 6) is 1.24. The molecule has 0 aromatic heterocycles. The number of halogens is 1. The Hall–Kier alpha value is -1.70. The summed E-state index contributed by atoms with van der Waals surface area (Å²) in [7, 11) is 6.16. The van der Waals surface area contributed by atoms with E-state index in [0.717, 1.165) is 31.6 Å². The predicted octanol–water partition coefficient (Wildman–Crippen LogP) is 2.67. The Bertz CT molecular complexity index is 695. The van der Waals surface area contributed by atoms with Crippen LogP contribution < -0.4 is 14.8 Å². The zero-order chi connectivity index (χ0) is 20.8. The highest BCUT2D eigenvalue weighted by atomic mass is 35.5. The van der Waals surface area contributed by atoms with Crippen molar-refractivity contribution in [3.63, 3.8) is 0 Å². The van der Waals surface area contributed by atoms with Gasteiger partial charge in [0, 0.05) is 39.1 Å². The maximum absolute atomic E-state index is 12.5. The van der Waals surface area contributed by atoms with Gasteiger partial charge in [-0.3, -0.25) is 0 Å². The molecule has 0 saturated carbocycles. The molecule has 2 heterocycles. The zero-order valence-electron chi connectivity index (χ0n) is 17.7. The highest BCUT2D eigenvalue weighted by Gasteiger charge is 2.21. The molecule has 1 N–H and O–H groups in total. The first-order valence-electron chi connectivity index (χ1n) is 10.4. The van der Waals surface area contributed by atoms with Crippen LogP contribution in [0, 0.1) is 0 Å². The smallest absolute Gasteiger partial charge is 0.317 e. The fourth-order valence-corrected chi connectivity index (χ4v) is 4.01. The highest BCUT2D eigenvalue weighted by Crippen LogP contribution is 2.37. The first-order valence-corrected chi connectivity index (χ1v) is 10.8. The number of nitrogens with one attached hydrogen (secondary N) is 1. The van der Waals surface area contributed by atoms with Gasteiger partial charge in [-0.2, -0.15) is 0 Å². The first-order chi connectivity index (χ1) is 13.9. The Morgan fingerprint density at radius 1 is 1.21 bits per heavy atom. The van der Waals surface area contributed by atoms with Gasteiger partial charge >= 0.3 is 6.03 Å². The molecule has 0 atom stereocenters. The van der Waals surface area contributed by atoms with Gasteiger partial charge in [0.25, 0.3) is 0 Å². The lowest BCUT2D eigenvalue weighted by atomic mass is 10.0. The summed E-state index contributed by atoms with van der Waals surface area (Å²) in [4.78, 5) is 19.0. The normalized spacial score (nSPS) is 17.8. The molecule has 0 spiro atoms. The van der Waals surface area contributed by atoms with E-state index in [1.807, 2.05) is 19.2 Å². The average Bonchev–Trinajstić information content (AvgIpc) is 2.96. The number of rotatable bonds is 6. The number of fused-ring (bicyclic) bond motifs is 1. The fraction of sp³-hybridized carbons (Fsp3) is 0.667. The Kier molecular flexibility index (Phi) is 7.86. The number of amides is 2. The number of carbonyl (C=O) groups excluding carboxylic acids is 1. The van der Waals surface area contributed by atoms with Crippen LogP contribution in [0.25, 0.3) is 0 Å². The summed E-state index contributed by atoms with van der Waals surface area (Å²) in [5, 5.41) is 3.48. The van der Waals surface area contributed by atoms with Gasteiger partial charge in [0.2, 0.25) is 0 Å². The van der Waals surface area contributed by atoms with Crippen molar-refractivity contribution >= 4 is 17.6 Å². The summed E-state index contributed by atoms with van der Waals surface area (Å²) >= 11 is 6.33. The summed E-state index contributed by atoms with van der Waals surface area (Å²) in [6, 6.07) is 4.22. The van der Waals surface area contributed by atoms with Crippen molar-refractivity contribution in [2.24, 2.45) is 0 Å². The molecule has 2 aliphatic heterocycles. The van der Waals surface area contributed by atoms with Crippen LogP contribution in [-0.4, -0.2) is 87.3 Å². The van der Waals surface area contributed by atoms with Crippen molar-refractivity contribution in [1.29, 1.82) is 0 Å². The highest BCUT2D eigenvalue weighted by molar-refractivity contribution is 6.32.